The molecule has 2 amide bonds. The molecule has 3 N–H and O–H groups in total. The van der Waals surface area contributed by atoms with Crippen molar-refractivity contribution < 1.29 is 18.4 Å². The Morgan fingerprint density at radius 3 is 2.52 bits per heavy atom. The van der Waals surface area contributed by atoms with Crippen LogP contribution in [0, 0.1) is 11.6 Å². The minimum absolute atomic E-state index is 0.190. The van der Waals surface area contributed by atoms with E-state index in [4.69, 9.17) is 0 Å². The summed E-state index contributed by atoms with van der Waals surface area (Å²) < 4.78 is 26.3. The fourth-order valence-corrected chi connectivity index (χ4v) is 2.69. The predicted molar refractivity (Wildman–Crippen MR) is 96.0 cm³/mol. The molecule has 1 unspecified atom stereocenters. The second-order valence-corrected chi connectivity index (χ2v) is 6.01. The van der Waals surface area contributed by atoms with Crippen molar-refractivity contribution in [2.45, 2.75) is 19.4 Å². The Bertz CT molecular complexity index is 934. The molecule has 2 aromatic carbocycles. The lowest BCUT2D eigenvalue weighted by Crippen LogP contribution is -2.38. The van der Waals surface area contributed by atoms with Gasteiger partial charge in [-0.05, 0) is 30.7 Å². The largest absolute Gasteiger partial charge is 0.345 e. The molecule has 1 aromatic heterocycles. The molecular formula is C19H18F2N4O2. The van der Waals surface area contributed by atoms with Crippen LogP contribution in [0.15, 0.2) is 42.5 Å². The second kappa shape index (κ2) is 7.94. The number of H-pyrrole nitrogens is 1. The Balaban J connectivity index is 1.61. The molecule has 0 radical (unpaired) electrons. The smallest absolute Gasteiger partial charge is 0.251 e. The summed E-state index contributed by atoms with van der Waals surface area (Å²) >= 11 is 0. The van der Waals surface area contributed by atoms with Crippen LogP contribution in [0.1, 0.15) is 35.6 Å². The van der Waals surface area contributed by atoms with Gasteiger partial charge in [0.1, 0.15) is 17.5 Å². The molecule has 140 valence electrons. The first-order valence-corrected chi connectivity index (χ1v) is 8.44. The standard InChI is InChI=1S/C19H18F2N4O2/c1-2-14(18-24-15-5-3-4-6-16(15)25-18)23-17(26)10-22-19(27)11-7-12(20)9-13(21)8-11/h3-9,14H,2,10H2,1H3,(H,22,27)(H,23,26)(H,24,25). The van der Waals surface area contributed by atoms with E-state index in [9.17, 15) is 18.4 Å². The highest BCUT2D eigenvalue weighted by atomic mass is 19.1. The Hall–Kier alpha value is -3.29. The zero-order chi connectivity index (χ0) is 19.4. The number of halogens is 2. The van der Waals surface area contributed by atoms with E-state index in [1.165, 1.54) is 0 Å². The third kappa shape index (κ3) is 4.46. The SMILES string of the molecule is CCC(NC(=O)CNC(=O)c1cc(F)cc(F)c1)c1nc2ccccc2[nH]1. The van der Waals surface area contributed by atoms with Crippen molar-refractivity contribution in [2.24, 2.45) is 0 Å². The molecular weight excluding hydrogens is 354 g/mol. The van der Waals surface area contributed by atoms with Gasteiger partial charge < -0.3 is 15.6 Å². The highest BCUT2D eigenvalue weighted by Gasteiger charge is 2.17. The number of benzene rings is 2. The number of hydrogen-bond donors (Lipinski definition) is 3. The second-order valence-electron chi connectivity index (χ2n) is 6.01. The molecule has 1 heterocycles. The van der Waals surface area contributed by atoms with Gasteiger partial charge in [-0.1, -0.05) is 19.1 Å². The van der Waals surface area contributed by atoms with Crippen LogP contribution in [-0.4, -0.2) is 28.3 Å². The van der Waals surface area contributed by atoms with E-state index in [1.54, 1.807) is 0 Å². The predicted octanol–water partition coefficient (Wildman–Crippen LogP) is 2.84. The van der Waals surface area contributed by atoms with Gasteiger partial charge in [0, 0.05) is 11.6 Å². The summed E-state index contributed by atoms with van der Waals surface area (Å²) in [4.78, 5) is 31.7. The lowest BCUT2D eigenvalue weighted by atomic mass is 10.2. The van der Waals surface area contributed by atoms with Crippen LogP contribution < -0.4 is 10.6 Å². The fraction of sp³-hybridized carbons (Fsp3) is 0.211. The highest BCUT2D eigenvalue weighted by Crippen LogP contribution is 2.18. The zero-order valence-electron chi connectivity index (χ0n) is 14.6. The molecule has 0 aliphatic heterocycles. The van der Waals surface area contributed by atoms with E-state index < -0.39 is 23.4 Å². The lowest BCUT2D eigenvalue weighted by molar-refractivity contribution is -0.121. The first kappa shape index (κ1) is 18.5. The number of carbonyl (C=O) groups is 2. The number of carbonyl (C=O) groups excluding carboxylic acids is 2. The molecule has 6 nitrogen and oxygen atoms in total. The minimum Gasteiger partial charge on any atom is -0.345 e. The zero-order valence-corrected chi connectivity index (χ0v) is 14.6. The van der Waals surface area contributed by atoms with Gasteiger partial charge in [0.05, 0.1) is 23.6 Å². The Morgan fingerprint density at radius 1 is 1.15 bits per heavy atom. The highest BCUT2D eigenvalue weighted by molar-refractivity contribution is 5.96. The van der Waals surface area contributed by atoms with Crippen molar-refractivity contribution >= 4 is 22.8 Å². The normalized spacial score (nSPS) is 12.0. The van der Waals surface area contributed by atoms with E-state index in [1.807, 2.05) is 31.2 Å². The molecule has 0 aliphatic rings. The quantitative estimate of drug-likeness (QED) is 0.622. The van der Waals surface area contributed by atoms with Crippen LogP contribution in [0.25, 0.3) is 11.0 Å². The van der Waals surface area contributed by atoms with Crippen molar-refractivity contribution in [3.63, 3.8) is 0 Å². The molecule has 27 heavy (non-hydrogen) atoms. The maximum atomic E-state index is 13.2. The van der Waals surface area contributed by atoms with Crippen LogP contribution >= 0.6 is 0 Å². The third-order valence-corrected chi connectivity index (χ3v) is 4.02. The van der Waals surface area contributed by atoms with Crippen molar-refractivity contribution in [1.29, 1.82) is 0 Å². The summed E-state index contributed by atoms with van der Waals surface area (Å²) in [6.45, 7) is 1.57. The molecule has 0 saturated carbocycles. The summed E-state index contributed by atoms with van der Waals surface area (Å²) in [6.07, 6.45) is 0.592. The van der Waals surface area contributed by atoms with Crippen LogP contribution in [0.2, 0.25) is 0 Å². The van der Waals surface area contributed by atoms with E-state index >= 15 is 0 Å². The first-order valence-electron chi connectivity index (χ1n) is 8.44. The van der Waals surface area contributed by atoms with E-state index in [0.29, 0.717) is 18.3 Å². The molecule has 0 fully saturated rings. The third-order valence-electron chi connectivity index (χ3n) is 4.02. The summed E-state index contributed by atoms with van der Waals surface area (Å²) in [6, 6.07) is 9.63. The van der Waals surface area contributed by atoms with Gasteiger partial charge in [-0.15, -0.1) is 0 Å². The number of rotatable bonds is 6. The topological polar surface area (TPSA) is 86.9 Å². The van der Waals surface area contributed by atoms with E-state index in [2.05, 4.69) is 20.6 Å². The maximum absolute atomic E-state index is 13.2. The summed E-state index contributed by atoms with van der Waals surface area (Å²) in [7, 11) is 0. The van der Waals surface area contributed by atoms with E-state index in [-0.39, 0.29) is 18.2 Å². The van der Waals surface area contributed by atoms with Crippen LogP contribution in [0.4, 0.5) is 8.78 Å². The number of aromatic amines is 1. The summed E-state index contributed by atoms with van der Waals surface area (Å²) in [5.41, 5.74) is 1.47. The molecule has 3 rings (SSSR count). The molecule has 0 aliphatic carbocycles. The van der Waals surface area contributed by atoms with Crippen molar-refractivity contribution in [2.75, 3.05) is 6.54 Å². The monoisotopic (exact) mass is 372 g/mol. The van der Waals surface area contributed by atoms with Gasteiger partial charge >= 0.3 is 0 Å². The van der Waals surface area contributed by atoms with Gasteiger partial charge in [-0.3, -0.25) is 9.59 Å². The fourth-order valence-electron chi connectivity index (χ4n) is 2.69. The van der Waals surface area contributed by atoms with Crippen molar-refractivity contribution in [3.8, 4) is 0 Å². The Labute approximate surface area is 154 Å². The summed E-state index contributed by atoms with van der Waals surface area (Å²) in [5, 5.41) is 5.12. The first-order chi connectivity index (χ1) is 13.0. The van der Waals surface area contributed by atoms with Gasteiger partial charge in [0.2, 0.25) is 5.91 Å². The van der Waals surface area contributed by atoms with Crippen LogP contribution in [-0.2, 0) is 4.79 Å². The number of para-hydroxylation sites is 2. The number of amides is 2. The Morgan fingerprint density at radius 2 is 1.85 bits per heavy atom. The summed E-state index contributed by atoms with van der Waals surface area (Å²) in [5.74, 6) is -2.28. The number of hydrogen-bond acceptors (Lipinski definition) is 3. The average molecular weight is 372 g/mol. The molecule has 0 saturated heterocycles. The van der Waals surface area contributed by atoms with Gasteiger partial charge in [-0.25, -0.2) is 13.8 Å². The Kier molecular flexibility index (Phi) is 5.44. The van der Waals surface area contributed by atoms with Crippen molar-refractivity contribution in [3.05, 3.63) is 65.5 Å². The number of aromatic nitrogens is 2. The van der Waals surface area contributed by atoms with E-state index in [0.717, 1.165) is 23.2 Å². The van der Waals surface area contributed by atoms with Gasteiger partial charge in [0.25, 0.3) is 5.91 Å². The van der Waals surface area contributed by atoms with Crippen LogP contribution in [0.3, 0.4) is 0 Å². The number of imidazole rings is 1. The van der Waals surface area contributed by atoms with Crippen molar-refractivity contribution in [1.82, 2.24) is 20.6 Å². The number of nitrogens with zero attached hydrogens (tertiary/aromatic N) is 1. The van der Waals surface area contributed by atoms with Gasteiger partial charge in [0.15, 0.2) is 0 Å². The molecule has 0 spiro atoms. The molecule has 0 bridgehead atoms. The number of fused-ring (bicyclic) bond motifs is 1. The van der Waals surface area contributed by atoms with Gasteiger partial charge in [-0.2, -0.15) is 0 Å². The molecule has 3 aromatic rings. The minimum atomic E-state index is -0.861. The average Bonchev–Trinajstić information content (AvgIpc) is 3.07. The maximum Gasteiger partial charge on any atom is 0.251 e. The lowest BCUT2D eigenvalue weighted by Gasteiger charge is -2.15. The number of nitrogens with one attached hydrogen (secondary N) is 3. The molecule has 8 heteroatoms. The molecule has 1 atom stereocenters. The van der Waals surface area contributed by atoms with Crippen LogP contribution in [0.5, 0.6) is 0 Å².